The summed E-state index contributed by atoms with van der Waals surface area (Å²) in [5, 5.41) is 9.64. The zero-order chi connectivity index (χ0) is 11.3. The zero-order valence-corrected chi connectivity index (χ0v) is 10.4. The van der Waals surface area contributed by atoms with Crippen LogP contribution in [0.4, 0.5) is 0 Å². The lowest BCUT2D eigenvalue weighted by Crippen LogP contribution is -2.60. The molecule has 3 N–H and O–H groups in total. The van der Waals surface area contributed by atoms with Crippen LogP contribution in [-0.4, -0.2) is 17.3 Å². The molecule has 2 heteroatoms. The normalized spacial score (nSPS) is 49.3. The van der Waals surface area contributed by atoms with E-state index >= 15 is 0 Å². The van der Waals surface area contributed by atoms with E-state index in [9.17, 15) is 5.11 Å². The third-order valence-electron chi connectivity index (χ3n) is 5.84. The van der Waals surface area contributed by atoms with Crippen molar-refractivity contribution >= 4 is 0 Å². The Morgan fingerprint density at radius 1 is 1.06 bits per heavy atom. The van der Waals surface area contributed by atoms with Gasteiger partial charge in [0.2, 0.25) is 0 Å². The molecule has 1 atom stereocenters. The van der Waals surface area contributed by atoms with Crippen LogP contribution in [0.15, 0.2) is 0 Å². The molecule has 0 spiro atoms. The summed E-state index contributed by atoms with van der Waals surface area (Å²) in [6.07, 6.45) is 8.01. The molecule has 0 aromatic carbocycles. The predicted molar refractivity (Wildman–Crippen MR) is 64.8 cm³/mol. The molecular formula is C14H25NO. The zero-order valence-electron chi connectivity index (χ0n) is 10.4. The Hall–Kier alpha value is -0.0800. The first-order chi connectivity index (χ1) is 7.66. The monoisotopic (exact) mass is 223 g/mol. The first-order valence-corrected chi connectivity index (χ1v) is 7.06. The first-order valence-electron chi connectivity index (χ1n) is 7.06. The number of nitrogens with two attached hydrogens (primary N) is 1. The maximum absolute atomic E-state index is 9.64. The Bertz CT molecular complexity index is 244. The van der Waals surface area contributed by atoms with E-state index < -0.39 is 0 Å². The van der Waals surface area contributed by atoms with Crippen molar-refractivity contribution in [3.63, 3.8) is 0 Å². The number of hydrogen-bond donors (Lipinski definition) is 2. The average Bonchev–Trinajstić information content (AvgIpc) is 2.27. The largest absolute Gasteiger partial charge is 0.394 e. The maximum atomic E-state index is 9.64. The summed E-state index contributed by atoms with van der Waals surface area (Å²) < 4.78 is 0. The van der Waals surface area contributed by atoms with E-state index in [1.54, 1.807) is 0 Å². The van der Waals surface area contributed by atoms with Gasteiger partial charge in [0.05, 0.1) is 6.61 Å². The highest BCUT2D eigenvalue weighted by Crippen LogP contribution is 2.58. The smallest absolute Gasteiger partial charge is 0.0614 e. The molecule has 0 heterocycles. The lowest BCUT2D eigenvalue weighted by Gasteiger charge is -2.58. The van der Waals surface area contributed by atoms with Gasteiger partial charge in [-0.3, -0.25) is 0 Å². The Kier molecular flexibility index (Phi) is 2.56. The van der Waals surface area contributed by atoms with Crippen LogP contribution < -0.4 is 5.73 Å². The van der Waals surface area contributed by atoms with Crippen molar-refractivity contribution in [1.29, 1.82) is 0 Å². The molecule has 4 fully saturated rings. The Balaban J connectivity index is 1.86. The van der Waals surface area contributed by atoms with Crippen molar-refractivity contribution in [3.05, 3.63) is 0 Å². The van der Waals surface area contributed by atoms with E-state index in [0.29, 0.717) is 5.92 Å². The lowest BCUT2D eigenvalue weighted by atomic mass is 9.48. The molecule has 1 unspecified atom stereocenters. The van der Waals surface area contributed by atoms with E-state index in [1.165, 1.54) is 32.1 Å². The average molecular weight is 223 g/mol. The van der Waals surface area contributed by atoms with Crippen molar-refractivity contribution in [2.24, 2.45) is 35.3 Å². The SMILES string of the molecule is CCC(N)(CO)C1C2CC3CC(C2)CC1C3. The van der Waals surface area contributed by atoms with Crippen LogP contribution in [0.3, 0.4) is 0 Å². The summed E-state index contributed by atoms with van der Waals surface area (Å²) in [6.45, 7) is 2.32. The van der Waals surface area contributed by atoms with Crippen molar-refractivity contribution in [2.45, 2.75) is 51.0 Å². The Morgan fingerprint density at radius 3 is 1.94 bits per heavy atom. The minimum Gasteiger partial charge on any atom is -0.394 e. The Labute approximate surface area is 98.6 Å². The molecule has 0 saturated heterocycles. The second-order valence-corrected chi connectivity index (χ2v) is 6.70. The summed E-state index contributed by atoms with van der Waals surface area (Å²) >= 11 is 0. The standard InChI is InChI=1S/C14H25NO/c1-2-14(15,8-16)13-11-4-9-3-10(6-11)7-12(13)5-9/h9-13,16H,2-8,15H2,1H3. The van der Waals surface area contributed by atoms with Crippen LogP contribution in [0.1, 0.15) is 45.4 Å². The molecule has 4 aliphatic carbocycles. The summed E-state index contributed by atoms with van der Waals surface area (Å²) in [7, 11) is 0. The van der Waals surface area contributed by atoms with Crippen LogP contribution in [0.2, 0.25) is 0 Å². The summed E-state index contributed by atoms with van der Waals surface area (Å²) in [6, 6.07) is 0. The molecule has 0 radical (unpaired) electrons. The fourth-order valence-corrected chi connectivity index (χ4v) is 5.32. The van der Waals surface area contributed by atoms with Gasteiger partial charge in [0.1, 0.15) is 0 Å². The van der Waals surface area contributed by atoms with Gasteiger partial charge in [0.15, 0.2) is 0 Å². The highest BCUT2D eigenvalue weighted by atomic mass is 16.3. The van der Waals surface area contributed by atoms with Gasteiger partial charge in [0.25, 0.3) is 0 Å². The molecule has 4 saturated carbocycles. The fraction of sp³-hybridized carbons (Fsp3) is 1.00. The molecule has 4 rings (SSSR count). The first kappa shape index (κ1) is 11.0. The highest BCUT2D eigenvalue weighted by molar-refractivity contribution is 5.06. The molecule has 0 aliphatic heterocycles. The molecule has 16 heavy (non-hydrogen) atoms. The number of rotatable bonds is 3. The van der Waals surface area contributed by atoms with Crippen LogP contribution >= 0.6 is 0 Å². The maximum Gasteiger partial charge on any atom is 0.0614 e. The van der Waals surface area contributed by atoms with Gasteiger partial charge in [0, 0.05) is 5.54 Å². The van der Waals surface area contributed by atoms with Crippen LogP contribution in [0.5, 0.6) is 0 Å². The minimum absolute atomic E-state index is 0.177. The van der Waals surface area contributed by atoms with Crippen molar-refractivity contribution in [3.8, 4) is 0 Å². The second-order valence-electron chi connectivity index (χ2n) is 6.70. The molecule has 4 bridgehead atoms. The van der Waals surface area contributed by atoms with Crippen LogP contribution in [-0.2, 0) is 0 Å². The quantitative estimate of drug-likeness (QED) is 0.770. The Morgan fingerprint density at radius 2 is 1.56 bits per heavy atom. The molecule has 0 aromatic rings. The van der Waals surface area contributed by atoms with Gasteiger partial charge >= 0.3 is 0 Å². The van der Waals surface area contributed by atoms with Gasteiger partial charge in [-0.2, -0.15) is 0 Å². The molecule has 92 valence electrons. The van der Waals surface area contributed by atoms with Crippen LogP contribution in [0.25, 0.3) is 0 Å². The molecule has 0 amide bonds. The van der Waals surface area contributed by atoms with E-state index in [-0.39, 0.29) is 12.1 Å². The highest BCUT2D eigenvalue weighted by Gasteiger charge is 2.53. The fourth-order valence-electron chi connectivity index (χ4n) is 5.32. The van der Waals surface area contributed by atoms with E-state index in [1.807, 2.05) is 0 Å². The van der Waals surface area contributed by atoms with E-state index in [0.717, 1.165) is 30.1 Å². The lowest BCUT2D eigenvalue weighted by molar-refractivity contribution is -0.0812. The topological polar surface area (TPSA) is 46.2 Å². The van der Waals surface area contributed by atoms with Gasteiger partial charge in [-0.1, -0.05) is 6.92 Å². The van der Waals surface area contributed by atoms with Gasteiger partial charge < -0.3 is 10.8 Å². The van der Waals surface area contributed by atoms with Gasteiger partial charge in [-0.05, 0) is 68.1 Å². The number of aliphatic hydroxyl groups is 1. The third kappa shape index (κ3) is 1.46. The predicted octanol–water partition coefficient (Wildman–Crippen LogP) is 2.16. The summed E-state index contributed by atoms with van der Waals surface area (Å²) in [4.78, 5) is 0. The third-order valence-corrected chi connectivity index (χ3v) is 5.84. The second kappa shape index (κ2) is 3.71. The van der Waals surface area contributed by atoms with E-state index in [2.05, 4.69) is 6.92 Å². The van der Waals surface area contributed by atoms with Gasteiger partial charge in [-0.15, -0.1) is 0 Å². The minimum atomic E-state index is -0.289. The van der Waals surface area contributed by atoms with E-state index in [4.69, 9.17) is 5.73 Å². The van der Waals surface area contributed by atoms with Crippen molar-refractivity contribution in [2.75, 3.05) is 6.61 Å². The van der Waals surface area contributed by atoms with Gasteiger partial charge in [-0.25, -0.2) is 0 Å². The molecule has 0 aromatic heterocycles. The summed E-state index contributed by atoms with van der Waals surface area (Å²) in [5.74, 6) is 4.26. The number of hydrogen-bond acceptors (Lipinski definition) is 2. The molecular weight excluding hydrogens is 198 g/mol. The molecule has 2 nitrogen and oxygen atoms in total. The molecule has 4 aliphatic rings. The number of aliphatic hydroxyl groups excluding tert-OH is 1. The van der Waals surface area contributed by atoms with Crippen molar-refractivity contribution in [1.82, 2.24) is 0 Å². The van der Waals surface area contributed by atoms with Crippen LogP contribution in [0, 0.1) is 29.6 Å². The summed E-state index contributed by atoms with van der Waals surface area (Å²) in [5.41, 5.74) is 6.18. The van der Waals surface area contributed by atoms with Crippen molar-refractivity contribution < 1.29 is 5.11 Å².